The largest absolute Gasteiger partial charge is 0.326 e. The van der Waals surface area contributed by atoms with Gasteiger partial charge in [0, 0.05) is 24.0 Å². The smallest absolute Gasteiger partial charge is 0.229 e. The lowest BCUT2D eigenvalue weighted by molar-refractivity contribution is -0.122. The van der Waals surface area contributed by atoms with Crippen LogP contribution in [0, 0.1) is 12.8 Å². The van der Waals surface area contributed by atoms with Crippen LogP contribution in [-0.4, -0.2) is 28.6 Å². The summed E-state index contributed by atoms with van der Waals surface area (Å²) >= 11 is 0. The predicted molar refractivity (Wildman–Crippen MR) is 96.4 cm³/mol. The first-order valence-electron chi connectivity index (χ1n) is 8.23. The van der Waals surface area contributed by atoms with Gasteiger partial charge in [-0.2, -0.15) is 5.10 Å². The molecule has 1 aromatic heterocycles. The van der Waals surface area contributed by atoms with Crippen LogP contribution in [0.5, 0.6) is 0 Å². The van der Waals surface area contributed by atoms with Crippen molar-refractivity contribution < 1.29 is 9.59 Å². The molecule has 0 unspecified atom stereocenters. The summed E-state index contributed by atoms with van der Waals surface area (Å²) in [5.74, 6) is -0.0173. The highest BCUT2D eigenvalue weighted by Gasteiger charge is 2.36. The standard InChI is InChI=1S/C19H18N4O2/c1-12-6-8-14(9-7-12)20-19(25)13-10-17(24)23(11-13)18-15-4-2-3-5-16(15)21-22-18/h2-9,13H,10-11H2,1H3,(H,20,25)(H,21,22)/t13-/m0/s1. The minimum absolute atomic E-state index is 0.0821. The van der Waals surface area contributed by atoms with Gasteiger partial charge in [-0.05, 0) is 31.2 Å². The van der Waals surface area contributed by atoms with Gasteiger partial charge in [0.1, 0.15) is 0 Å². The van der Waals surface area contributed by atoms with E-state index in [1.54, 1.807) is 4.90 Å². The number of H-pyrrole nitrogens is 1. The van der Waals surface area contributed by atoms with Gasteiger partial charge >= 0.3 is 0 Å². The van der Waals surface area contributed by atoms with Crippen molar-refractivity contribution in [1.82, 2.24) is 10.2 Å². The summed E-state index contributed by atoms with van der Waals surface area (Å²) in [6, 6.07) is 15.3. The monoisotopic (exact) mass is 334 g/mol. The van der Waals surface area contributed by atoms with Gasteiger partial charge in [-0.15, -0.1) is 0 Å². The van der Waals surface area contributed by atoms with Crippen LogP contribution in [0.1, 0.15) is 12.0 Å². The third-order valence-electron chi connectivity index (χ3n) is 4.52. The Hall–Kier alpha value is -3.15. The summed E-state index contributed by atoms with van der Waals surface area (Å²) in [7, 11) is 0. The Morgan fingerprint density at radius 3 is 2.76 bits per heavy atom. The highest BCUT2D eigenvalue weighted by Crippen LogP contribution is 2.30. The molecule has 25 heavy (non-hydrogen) atoms. The summed E-state index contributed by atoms with van der Waals surface area (Å²) in [6.07, 6.45) is 0.193. The molecule has 1 fully saturated rings. The first-order chi connectivity index (χ1) is 12.1. The van der Waals surface area contributed by atoms with Crippen molar-refractivity contribution in [3.05, 3.63) is 54.1 Å². The van der Waals surface area contributed by atoms with Crippen molar-refractivity contribution in [2.75, 3.05) is 16.8 Å². The van der Waals surface area contributed by atoms with Crippen LogP contribution in [0.15, 0.2) is 48.5 Å². The second-order valence-corrected chi connectivity index (χ2v) is 6.35. The van der Waals surface area contributed by atoms with Crippen LogP contribution in [-0.2, 0) is 9.59 Å². The Labute approximate surface area is 144 Å². The molecular weight excluding hydrogens is 316 g/mol. The number of carbonyl (C=O) groups is 2. The Balaban J connectivity index is 1.52. The SMILES string of the molecule is Cc1ccc(NC(=O)[C@H]2CC(=O)N(c3n[nH]c4ccccc34)C2)cc1. The molecule has 2 heterocycles. The molecule has 1 aliphatic heterocycles. The number of para-hydroxylation sites is 1. The molecule has 1 saturated heterocycles. The maximum atomic E-state index is 12.5. The fraction of sp³-hybridized carbons (Fsp3) is 0.211. The van der Waals surface area contributed by atoms with E-state index in [2.05, 4.69) is 15.5 Å². The van der Waals surface area contributed by atoms with Crippen LogP contribution in [0.4, 0.5) is 11.5 Å². The van der Waals surface area contributed by atoms with Crippen LogP contribution < -0.4 is 10.2 Å². The van der Waals surface area contributed by atoms with Crippen LogP contribution in [0.25, 0.3) is 10.9 Å². The van der Waals surface area contributed by atoms with Gasteiger partial charge in [0.2, 0.25) is 11.8 Å². The van der Waals surface area contributed by atoms with Crippen molar-refractivity contribution in [2.45, 2.75) is 13.3 Å². The molecule has 3 aromatic rings. The highest BCUT2D eigenvalue weighted by atomic mass is 16.2. The zero-order valence-corrected chi connectivity index (χ0v) is 13.8. The van der Waals surface area contributed by atoms with Crippen LogP contribution in [0.2, 0.25) is 0 Å². The minimum atomic E-state index is -0.385. The molecule has 2 N–H and O–H groups in total. The average Bonchev–Trinajstić information content (AvgIpc) is 3.20. The van der Waals surface area contributed by atoms with E-state index >= 15 is 0 Å². The topological polar surface area (TPSA) is 78.1 Å². The molecule has 1 aliphatic rings. The maximum Gasteiger partial charge on any atom is 0.229 e. The molecule has 126 valence electrons. The molecule has 6 heteroatoms. The summed E-state index contributed by atoms with van der Waals surface area (Å²) in [5, 5.41) is 11.0. The first kappa shape index (κ1) is 15.4. The maximum absolute atomic E-state index is 12.5. The van der Waals surface area contributed by atoms with Crippen molar-refractivity contribution >= 4 is 34.2 Å². The number of carbonyl (C=O) groups excluding carboxylic acids is 2. The average molecular weight is 334 g/mol. The number of nitrogens with zero attached hydrogens (tertiary/aromatic N) is 2. The quantitative estimate of drug-likeness (QED) is 0.773. The number of aromatic amines is 1. The fourth-order valence-electron chi connectivity index (χ4n) is 3.12. The van der Waals surface area contributed by atoms with Gasteiger partial charge in [0.25, 0.3) is 0 Å². The van der Waals surface area contributed by atoms with E-state index in [0.717, 1.165) is 22.2 Å². The van der Waals surface area contributed by atoms with Gasteiger partial charge < -0.3 is 5.32 Å². The number of hydrogen-bond acceptors (Lipinski definition) is 3. The lowest BCUT2D eigenvalue weighted by Gasteiger charge is -2.14. The predicted octanol–water partition coefficient (Wildman–Crippen LogP) is 2.86. The highest BCUT2D eigenvalue weighted by molar-refractivity contribution is 6.06. The lowest BCUT2D eigenvalue weighted by atomic mass is 10.1. The Kier molecular flexibility index (Phi) is 3.72. The fourth-order valence-corrected chi connectivity index (χ4v) is 3.12. The van der Waals surface area contributed by atoms with Crippen LogP contribution >= 0.6 is 0 Å². The third kappa shape index (κ3) is 2.87. The van der Waals surface area contributed by atoms with E-state index in [0.29, 0.717) is 12.4 Å². The van der Waals surface area contributed by atoms with Gasteiger partial charge in [-0.3, -0.25) is 19.6 Å². The Morgan fingerprint density at radius 2 is 1.96 bits per heavy atom. The Morgan fingerprint density at radius 1 is 1.20 bits per heavy atom. The number of aromatic nitrogens is 2. The number of nitrogens with one attached hydrogen (secondary N) is 2. The molecule has 6 nitrogen and oxygen atoms in total. The summed E-state index contributed by atoms with van der Waals surface area (Å²) in [6.45, 7) is 2.33. The summed E-state index contributed by atoms with van der Waals surface area (Å²) in [4.78, 5) is 26.5. The van der Waals surface area contributed by atoms with Gasteiger partial charge in [-0.25, -0.2) is 0 Å². The first-order valence-corrected chi connectivity index (χ1v) is 8.23. The van der Waals surface area contributed by atoms with E-state index in [-0.39, 0.29) is 24.2 Å². The number of anilines is 2. The van der Waals surface area contributed by atoms with Crippen LogP contribution in [0.3, 0.4) is 0 Å². The molecule has 0 radical (unpaired) electrons. The molecule has 4 rings (SSSR count). The zero-order valence-electron chi connectivity index (χ0n) is 13.8. The van der Waals surface area contributed by atoms with Gasteiger partial charge in [0.15, 0.2) is 5.82 Å². The number of fused-ring (bicyclic) bond motifs is 1. The van der Waals surface area contributed by atoms with E-state index in [1.807, 2.05) is 55.5 Å². The molecule has 1 atom stereocenters. The van der Waals surface area contributed by atoms with Crippen molar-refractivity contribution in [2.24, 2.45) is 5.92 Å². The molecule has 0 bridgehead atoms. The molecule has 0 saturated carbocycles. The second kappa shape index (κ2) is 6.05. The zero-order chi connectivity index (χ0) is 17.4. The molecular formula is C19H18N4O2. The number of amides is 2. The summed E-state index contributed by atoms with van der Waals surface area (Å²) < 4.78 is 0. The number of hydrogen-bond donors (Lipinski definition) is 2. The van der Waals surface area contributed by atoms with Crippen molar-refractivity contribution in [3.8, 4) is 0 Å². The number of benzene rings is 2. The number of rotatable bonds is 3. The third-order valence-corrected chi connectivity index (χ3v) is 4.52. The second-order valence-electron chi connectivity index (χ2n) is 6.35. The lowest BCUT2D eigenvalue weighted by Crippen LogP contribution is -2.28. The number of aryl methyl sites for hydroxylation is 1. The molecule has 0 spiro atoms. The minimum Gasteiger partial charge on any atom is -0.326 e. The van der Waals surface area contributed by atoms with Crippen molar-refractivity contribution in [3.63, 3.8) is 0 Å². The van der Waals surface area contributed by atoms with Crippen molar-refractivity contribution in [1.29, 1.82) is 0 Å². The normalized spacial score (nSPS) is 17.2. The van der Waals surface area contributed by atoms with Gasteiger partial charge in [0.05, 0.1) is 11.4 Å². The van der Waals surface area contributed by atoms with Gasteiger partial charge in [-0.1, -0.05) is 29.8 Å². The summed E-state index contributed by atoms with van der Waals surface area (Å²) in [5.41, 5.74) is 2.75. The Bertz CT molecular complexity index is 945. The van der Waals surface area contributed by atoms with E-state index in [4.69, 9.17) is 0 Å². The molecule has 2 amide bonds. The van der Waals surface area contributed by atoms with E-state index in [1.165, 1.54) is 0 Å². The van der Waals surface area contributed by atoms with E-state index < -0.39 is 0 Å². The van der Waals surface area contributed by atoms with E-state index in [9.17, 15) is 9.59 Å². The molecule has 2 aromatic carbocycles. The molecule has 0 aliphatic carbocycles.